The number of hydrogen-bond acceptors (Lipinski definition) is 3. The van der Waals surface area contributed by atoms with Crippen LogP contribution >= 0.6 is 11.8 Å². The molecule has 98 valence electrons. The minimum Gasteiger partial charge on any atom is -0.310 e. The number of nitrogens with zero attached hydrogens (tertiary/aromatic N) is 1. The maximum atomic E-state index is 3.91. The van der Waals surface area contributed by atoms with Gasteiger partial charge in [0.1, 0.15) is 0 Å². The molecule has 4 atom stereocenters. The Morgan fingerprint density at radius 3 is 3.00 bits per heavy atom. The molecule has 3 fully saturated rings. The molecule has 0 bridgehead atoms. The van der Waals surface area contributed by atoms with Crippen molar-refractivity contribution in [2.75, 3.05) is 24.6 Å². The van der Waals surface area contributed by atoms with Gasteiger partial charge in [-0.2, -0.15) is 11.8 Å². The fourth-order valence-electron chi connectivity index (χ4n) is 3.89. The summed E-state index contributed by atoms with van der Waals surface area (Å²) in [5.41, 5.74) is 0. The maximum absolute atomic E-state index is 3.91. The molecule has 2 nitrogen and oxygen atoms in total. The van der Waals surface area contributed by atoms with E-state index in [0.29, 0.717) is 0 Å². The Morgan fingerprint density at radius 1 is 1.29 bits per heavy atom. The second-order valence-electron chi connectivity index (χ2n) is 6.17. The highest BCUT2D eigenvalue weighted by atomic mass is 32.2. The molecule has 1 aliphatic carbocycles. The lowest BCUT2D eigenvalue weighted by Crippen LogP contribution is -2.47. The van der Waals surface area contributed by atoms with Gasteiger partial charge in [-0.3, -0.25) is 4.90 Å². The van der Waals surface area contributed by atoms with E-state index in [1.54, 1.807) is 0 Å². The average Bonchev–Trinajstić information content (AvgIpc) is 2.74. The van der Waals surface area contributed by atoms with Crippen LogP contribution in [0.4, 0.5) is 0 Å². The second-order valence-corrected chi connectivity index (χ2v) is 7.32. The van der Waals surface area contributed by atoms with Crippen molar-refractivity contribution in [3.63, 3.8) is 0 Å². The van der Waals surface area contributed by atoms with Crippen LogP contribution in [0.25, 0.3) is 0 Å². The van der Waals surface area contributed by atoms with Crippen LogP contribution in [0.15, 0.2) is 0 Å². The van der Waals surface area contributed by atoms with Crippen molar-refractivity contribution >= 4 is 11.8 Å². The first kappa shape index (κ1) is 12.3. The van der Waals surface area contributed by atoms with Gasteiger partial charge in [-0.15, -0.1) is 0 Å². The van der Waals surface area contributed by atoms with Gasteiger partial charge in [0.15, 0.2) is 0 Å². The molecule has 2 heterocycles. The third-order valence-corrected chi connectivity index (χ3v) is 6.10. The fourth-order valence-corrected chi connectivity index (χ4v) is 4.97. The van der Waals surface area contributed by atoms with Crippen LogP contribution in [0.5, 0.6) is 0 Å². The van der Waals surface area contributed by atoms with E-state index in [1.165, 1.54) is 56.7 Å². The molecule has 17 heavy (non-hydrogen) atoms. The van der Waals surface area contributed by atoms with E-state index in [-0.39, 0.29) is 0 Å². The summed E-state index contributed by atoms with van der Waals surface area (Å²) in [7, 11) is 0. The zero-order chi connectivity index (χ0) is 11.7. The average molecular weight is 254 g/mol. The zero-order valence-electron chi connectivity index (χ0n) is 11.0. The van der Waals surface area contributed by atoms with Gasteiger partial charge in [0.25, 0.3) is 0 Å². The number of thioether (sulfide) groups is 1. The molecule has 1 saturated carbocycles. The maximum Gasteiger partial charge on any atom is 0.0201 e. The van der Waals surface area contributed by atoms with Crippen LogP contribution in [0, 0.1) is 5.92 Å². The Morgan fingerprint density at radius 2 is 2.18 bits per heavy atom. The van der Waals surface area contributed by atoms with Gasteiger partial charge in [-0.1, -0.05) is 12.8 Å². The highest BCUT2D eigenvalue weighted by Crippen LogP contribution is 2.33. The summed E-state index contributed by atoms with van der Waals surface area (Å²) in [6, 6.07) is 2.44. The lowest BCUT2D eigenvalue weighted by Gasteiger charge is -2.35. The molecule has 2 aliphatic heterocycles. The summed E-state index contributed by atoms with van der Waals surface area (Å²) in [5.74, 6) is 3.67. The molecule has 3 aliphatic rings. The van der Waals surface area contributed by atoms with Gasteiger partial charge in [-0.25, -0.2) is 0 Å². The van der Waals surface area contributed by atoms with E-state index in [2.05, 4.69) is 28.9 Å². The summed E-state index contributed by atoms with van der Waals surface area (Å²) in [6.45, 7) is 5.00. The molecule has 0 spiro atoms. The van der Waals surface area contributed by atoms with Crippen LogP contribution in [0.1, 0.15) is 39.0 Å². The van der Waals surface area contributed by atoms with Gasteiger partial charge < -0.3 is 5.32 Å². The van der Waals surface area contributed by atoms with E-state index in [0.717, 1.165) is 24.0 Å². The predicted molar refractivity (Wildman–Crippen MR) is 75.6 cm³/mol. The molecule has 3 heteroatoms. The van der Waals surface area contributed by atoms with E-state index in [9.17, 15) is 0 Å². The number of hydrogen-bond donors (Lipinski definition) is 1. The molecule has 2 saturated heterocycles. The highest BCUT2D eigenvalue weighted by molar-refractivity contribution is 7.99. The molecule has 0 radical (unpaired) electrons. The van der Waals surface area contributed by atoms with Crippen molar-refractivity contribution in [2.24, 2.45) is 5.92 Å². The lowest BCUT2D eigenvalue weighted by atomic mass is 9.85. The molecule has 4 unspecified atom stereocenters. The summed E-state index contributed by atoms with van der Waals surface area (Å²) in [5, 5.41) is 3.91. The minimum absolute atomic E-state index is 0.786. The third-order valence-electron chi connectivity index (χ3n) is 4.91. The summed E-state index contributed by atoms with van der Waals surface area (Å²) in [6.07, 6.45) is 7.30. The topological polar surface area (TPSA) is 15.3 Å². The molecule has 3 rings (SSSR count). The van der Waals surface area contributed by atoms with Gasteiger partial charge in [0, 0.05) is 42.7 Å². The molecule has 1 N–H and O–H groups in total. The zero-order valence-corrected chi connectivity index (χ0v) is 11.8. The van der Waals surface area contributed by atoms with Crippen molar-refractivity contribution in [2.45, 2.75) is 57.2 Å². The minimum atomic E-state index is 0.786. The monoisotopic (exact) mass is 254 g/mol. The Labute approximate surface area is 110 Å². The first-order valence-electron chi connectivity index (χ1n) is 7.41. The van der Waals surface area contributed by atoms with Crippen molar-refractivity contribution in [1.82, 2.24) is 10.2 Å². The van der Waals surface area contributed by atoms with Crippen LogP contribution in [-0.4, -0.2) is 47.6 Å². The fraction of sp³-hybridized carbons (Fsp3) is 1.00. The van der Waals surface area contributed by atoms with Gasteiger partial charge in [-0.05, 0) is 32.1 Å². The summed E-state index contributed by atoms with van der Waals surface area (Å²) >= 11 is 2.12. The molecule has 0 aromatic heterocycles. The van der Waals surface area contributed by atoms with Crippen molar-refractivity contribution in [1.29, 1.82) is 0 Å². The number of rotatable bonds is 2. The van der Waals surface area contributed by atoms with Crippen LogP contribution < -0.4 is 5.32 Å². The van der Waals surface area contributed by atoms with Gasteiger partial charge in [0.2, 0.25) is 0 Å². The SMILES string of the molecule is CC1CSCCN1CC1CC2CCCCC2N1. The van der Waals surface area contributed by atoms with Crippen molar-refractivity contribution in [3.8, 4) is 0 Å². The first-order valence-corrected chi connectivity index (χ1v) is 8.56. The standard InChI is InChI=1S/C14H26N2S/c1-11-10-17-7-6-16(11)9-13-8-12-4-2-3-5-14(12)15-13/h11-15H,2-10H2,1H3. The van der Waals surface area contributed by atoms with Crippen LogP contribution in [0.2, 0.25) is 0 Å². The first-order chi connectivity index (χ1) is 8.33. The largest absolute Gasteiger partial charge is 0.310 e. The van der Waals surface area contributed by atoms with Gasteiger partial charge >= 0.3 is 0 Å². The van der Waals surface area contributed by atoms with E-state index in [4.69, 9.17) is 0 Å². The smallest absolute Gasteiger partial charge is 0.0201 e. The summed E-state index contributed by atoms with van der Waals surface area (Å²) < 4.78 is 0. The van der Waals surface area contributed by atoms with E-state index < -0.39 is 0 Å². The highest BCUT2D eigenvalue weighted by Gasteiger charge is 2.36. The van der Waals surface area contributed by atoms with E-state index >= 15 is 0 Å². The molecule has 0 aromatic rings. The van der Waals surface area contributed by atoms with E-state index in [1.807, 2.05) is 0 Å². The quantitative estimate of drug-likeness (QED) is 0.814. The Kier molecular flexibility index (Phi) is 3.98. The molecule has 0 aromatic carbocycles. The van der Waals surface area contributed by atoms with Crippen molar-refractivity contribution in [3.05, 3.63) is 0 Å². The van der Waals surface area contributed by atoms with Crippen LogP contribution in [-0.2, 0) is 0 Å². The van der Waals surface area contributed by atoms with Gasteiger partial charge in [0.05, 0.1) is 0 Å². The summed E-state index contributed by atoms with van der Waals surface area (Å²) in [4.78, 5) is 2.71. The predicted octanol–water partition coefficient (Wildman–Crippen LogP) is 2.34. The number of fused-ring (bicyclic) bond motifs is 1. The number of nitrogens with one attached hydrogen (secondary N) is 1. The Bertz CT molecular complexity index is 245. The van der Waals surface area contributed by atoms with Crippen LogP contribution in [0.3, 0.4) is 0 Å². The van der Waals surface area contributed by atoms with Crippen molar-refractivity contribution < 1.29 is 0 Å². The Balaban J connectivity index is 1.52. The molecular formula is C14H26N2S. The second kappa shape index (κ2) is 5.50. The Hall–Kier alpha value is 0.270. The molecule has 0 amide bonds. The lowest BCUT2D eigenvalue weighted by molar-refractivity contribution is 0.210. The molecular weight excluding hydrogens is 228 g/mol. The normalized spacial score (nSPS) is 43.6. The third kappa shape index (κ3) is 2.82.